The minimum absolute atomic E-state index is 0.829. The molecule has 3 heteroatoms. The third kappa shape index (κ3) is 4.47. The molecule has 0 spiro atoms. The molecule has 0 saturated heterocycles. The van der Waals surface area contributed by atoms with Crippen LogP contribution in [0.4, 0.5) is 11.4 Å². The third-order valence-electron chi connectivity index (χ3n) is 10.1. The summed E-state index contributed by atoms with van der Waals surface area (Å²) in [5, 5.41) is 11.2. The fourth-order valence-corrected chi connectivity index (χ4v) is 7.71. The lowest BCUT2D eigenvalue weighted by Crippen LogP contribution is -2.10. The summed E-state index contributed by atoms with van der Waals surface area (Å²) >= 11 is 0. The number of allylic oxidation sites excluding steroid dienone is 6. The van der Waals surface area contributed by atoms with E-state index in [-0.39, 0.29) is 0 Å². The van der Waals surface area contributed by atoms with E-state index in [0.29, 0.717) is 0 Å². The molecule has 1 aromatic heterocycles. The van der Waals surface area contributed by atoms with Crippen LogP contribution in [-0.4, -0.2) is 10.8 Å². The Balaban J connectivity index is 0.969. The van der Waals surface area contributed by atoms with Gasteiger partial charge in [0.25, 0.3) is 0 Å². The normalized spacial score (nSPS) is 15.6. The first-order valence-electron chi connectivity index (χ1n) is 16.8. The zero-order valence-electron chi connectivity index (χ0n) is 26.8. The van der Waals surface area contributed by atoms with Gasteiger partial charge in [-0.3, -0.25) is 4.99 Å². The molecule has 7 aromatic carbocycles. The molecule has 0 radical (unpaired) electrons. The Hall–Kier alpha value is -6.45. The second kappa shape index (κ2) is 11.1. The van der Waals surface area contributed by atoms with Crippen molar-refractivity contribution < 1.29 is 0 Å². The van der Waals surface area contributed by atoms with Gasteiger partial charge in [0.05, 0.1) is 34.3 Å². The molecule has 0 amide bonds. The van der Waals surface area contributed by atoms with Crippen molar-refractivity contribution >= 4 is 66.5 Å². The molecule has 8 aromatic rings. The summed E-state index contributed by atoms with van der Waals surface area (Å²) in [5.74, 6) is 0. The van der Waals surface area contributed by atoms with Gasteiger partial charge in [-0.15, -0.1) is 0 Å². The summed E-state index contributed by atoms with van der Waals surface area (Å²) in [6.07, 6.45) is 9.44. The zero-order chi connectivity index (χ0) is 32.3. The van der Waals surface area contributed by atoms with Crippen molar-refractivity contribution in [3.8, 4) is 16.8 Å². The highest BCUT2D eigenvalue weighted by molar-refractivity contribution is 6.21. The SMILES string of the molecule is C1=CC(=C2C=Nc3c(c4ccccc4c4ccccc34)N2)CC(c2ccc(-c3ccc4c(c3)c3ccccc3n4-c3ccccc3)cc2)=C1. The summed E-state index contributed by atoms with van der Waals surface area (Å²) in [6, 6.07) is 52.4. The van der Waals surface area contributed by atoms with E-state index in [2.05, 4.69) is 174 Å². The number of rotatable bonds is 3. The number of aliphatic imine (C=N–C) groups is 1. The Kier molecular flexibility index (Phi) is 6.25. The first-order valence-corrected chi connectivity index (χ1v) is 16.8. The second-order valence-corrected chi connectivity index (χ2v) is 12.9. The average molecular weight is 626 g/mol. The number of hydrogen-bond acceptors (Lipinski definition) is 2. The van der Waals surface area contributed by atoms with Crippen LogP contribution in [0.5, 0.6) is 0 Å². The standard InChI is InChI=1S/C46H31N3/c1-2-13-35(14-3-1)49-43-20-9-8-17-38(43)41-28-33(25-26-44(41)49)31-23-21-30(22-24-31)32-11-10-12-34(27-32)42-29-47-45-39-18-6-4-15-36(39)37-16-5-7-19-40(37)46(45)48-42/h1-26,28-29,48H,27H2. The van der Waals surface area contributed by atoms with Gasteiger partial charge in [-0.25, -0.2) is 0 Å². The molecule has 0 fully saturated rings. The van der Waals surface area contributed by atoms with Gasteiger partial charge in [0, 0.05) is 33.7 Å². The quantitative estimate of drug-likeness (QED) is 0.195. The highest BCUT2D eigenvalue weighted by Gasteiger charge is 2.20. The van der Waals surface area contributed by atoms with Gasteiger partial charge < -0.3 is 9.88 Å². The molecule has 0 atom stereocenters. The van der Waals surface area contributed by atoms with E-state index >= 15 is 0 Å². The lowest BCUT2D eigenvalue weighted by Gasteiger charge is -2.23. The summed E-state index contributed by atoms with van der Waals surface area (Å²) < 4.78 is 2.36. The van der Waals surface area contributed by atoms with E-state index in [4.69, 9.17) is 4.99 Å². The largest absolute Gasteiger partial charge is 0.352 e. The smallest absolute Gasteiger partial charge is 0.0950 e. The molecule has 3 nitrogen and oxygen atoms in total. The van der Waals surface area contributed by atoms with Crippen molar-refractivity contribution in [3.05, 3.63) is 181 Å². The van der Waals surface area contributed by atoms with Gasteiger partial charge in [-0.2, -0.15) is 0 Å². The predicted octanol–water partition coefficient (Wildman–Crippen LogP) is 12.2. The van der Waals surface area contributed by atoms with Gasteiger partial charge in [0.15, 0.2) is 0 Å². The van der Waals surface area contributed by atoms with Crippen molar-refractivity contribution in [1.82, 2.24) is 4.57 Å². The van der Waals surface area contributed by atoms with Crippen molar-refractivity contribution in [1.29, 1.82) is 0 Å². The summed E-state index contributed by atoms with van der Waals surface area (Å²) in [6.45, 7) is 0. The number of fused-ring (bicyclic) bond motifs is 9. The maximum atomic E-state index is 5.03. The van der Waals surface area contributed by atoms with Crippen LogP contribution >= 0.6 is 0 Å². The molecule has 2 heterocycles. The van der Waals surface area contributed by atoms with Crippen LogP contribution in [0, 0.1) is 0 Å². The van der Waals surface area contributed by atoms with E-state index in [1.165, 1.54) is 76.9 Å². The molecular formula is C46H31N3. The lowest BCUT2D eigenvalue weighted by atomic mass is 9.91. The monoisotopic (exact) mass is 625 g/mol. The van der Waals surface area contributed by atoms with Gasteiger partial charge in [0.1, 0.15) is 0 Å². The minimum atomic E-state index is 0.829. The predicted molar refractivity (Wildman–Crippen MR) is 208 cm³/mol. The topological polar surface area (TPSA) is 29.3 Å². The Morgan fingerprint density at radius 3 is 1.98 bits per heavy atom. The molecule has 49 heavy (non-hydrogen) atoms. The van der Waals surface area contributed by atoms with E-state index < -0.39 is 0 Å². The molecule has 0 bridgehead atoms. The van der Waals surface area contributed by atoms with E-state index in [9.17, 15) is 0 Å². The number of benzene rings is 7. The molecular weight excluding hydrogens is 595 g/mol. The van der Waals surface area contributed by atoms with Crippen LogP contribution in [0.15, 0.2) is 180 Å². The molecule has 1 aliphatic heterocycles. The third-order valence-corrected chi connectivity index (χ3v) is 10.1. The number of nitrogens with zero attached hydrogens (tertiary/aromatic N) is 2. The Bertz CT molecular complexity index is 2740. The lowest BCUT2D eigenvalue weighted by molar-refractivity contribution is 1.18. The number of nitrogens with one attached hydrogen (secondary N) is 1. The number of hydrogen-bond donors (Lipinski definition) is 1. The molecule has 1 aliphatic carbocycles. The first-order chi connectivity index (χ1) is 24.3. The average Bonchev–Trinajstić information content (AvgIpc) is 3.52. The van der Waals surface area contributed by atoms with Crippen molar-refractivity contribution in [2.45, 2.75) is 6.42 Å². The first kappa shape index (κ1) is 27.6. The number of aromatic nitrogens is 1. The van der Waals surface area contributed by atoms with E-state index in [1.807, 2.05) is 6.21 Å². The molecule has 2 aliphatic rings. The Morgan fingerprint density at radius 1 is 0.531 bits per heavy atom. The molecule has 0 unspecified atom stereocenters. The zero-order valence-corrected chi connectivity index (χ0v) is 26.8. The maximum absolute atomic E-state index is 5.03. The summed E-state index contributed by atoms with van der Waals surface area (Å²) in [5.41, 5.74) is 12.9. The highest BCUT2D eigenvalue weighted by Crippen LogP contribution is 2.45. The fourth-order valence-electron chi connectivity index (χ4n) is 7.71. The molecule has 1 N–H and O–H groups in total. The van der Waals surface area contributed by atoms with Crippen LogP contribution in [0.25, 0.3) is 65.7 Å². The van der Waals surface area contributed by atoms with Crippen LogP contribution in [-0.2, 0) is 0 Å². The van der Waals surface area contributed by atoms with Crippen LogP contribution in [0.2, 0.25) is 0 Å². The highest BCUT2D eigenvalue weighted by atomic mass is 15.0. The van der Waals surface area contributed by atoms with Crippen LogP contribution < -0.4 is 5.32 Å². The van der Waals surface area contributed by atoms with Crippen molar-refractivity contribution in [3.63, 3.8) is 0 Å². The molecule has 230 valence electrons. The number of para-hydroxylation sites is 2. The van der Waals surface area contributed by atoms with Crippen LogP contribution in [0.1, 0.15) is 12.0 Å². The van der Waals surface area contributed by atoms with Gasteiger partial charge in [0.2, 0.25) is 0 Å². The molecule has 10 rings (SSSR count). The van der Waals surface area contributed by atoms with Crippen LogP contribution in [0.3, 0.4) is 0 Å². The second-order valence-electron chi connectivity index (χ2n) is 12.9. The van der Waals surface area contributed by atoms with E-state index in [1.54, 1.807) is 0 Å². The van der Waals surface area contributed by atoms with Gasteiger partial charge in [-0.05, 0) is 68.9 Å². The van der Waals surface area contributed by atoms with Gasteiger partial charge in [-0.1, -0.05) is 133 Å². The minimum Gasteiger partial charge on any atom is -0.352 e. The van der Waals surface area contributed by atoms with E-state index in [0.717, 1.165) is 23.5 Å². The summed E-state index contributed by atoms with van der Waals surface area (Å²) in [4.78, 5) is 5.03. The summed E-state index contributed by atoms with van der Waals surface area (Å²) in [7, 11) is 0. The maximum Gasteiger partial charge on any atom is 0.0950 e. The van der Waals surface area contributed by atoms with Gasteiger partial charge >= 0.3 is 0 Å². The Labute approximate surface area is 284 Å². The van der Waals surface area contributed by atoms with Crippen molar-refractivity contribution in [2.75, 3.05) is 5.32 Å². The Morgan fingerprint density at radius 2 is 1.16 bits per heavy atom. The van der Waals surface area contributed by atoms with Crippen molar-refractivity contribution in [2.24, 2.45) is 4.99 Å². The number of anilines is 1. The fraction of sp³-hybridized carbons (Fsp3) is 0.0217. The molecule has 0 saturated carbocycles.